The fourth-order valence-corrected chi connectivity index (χ4v) is 3.59. The number of carbonyl (C=O) groups is 3. The first-order chi connectivity index (χ1) is 12.0. The summed E-state index contributed by atoms with van der Waals surface area (Å²) in [5.41, 5.74) is 1.25. The van der Waals surface area contributed by atoms with Gasteiger partial charge in [-0.2, -0.15) is 0 Å². The average molecular weight is 362 g/mol. The number of hydrogen-bond acceptors (Lipinski definition) is 5. The first-order valence-corrected chi connectivity index (χ1v) is 8.93. The minimum absolute atomic E-state index is 0.108. The normalized spacial score (nSPS) is 14.5. The highest BCUT2D eigenvalue weighted by Gasteiger charge is 2.29. The summed E-state index contributed by atoms with van der Waals surface area (Å²) in [6.07, 6.45) is 0. The van der Waals surface area contributed by atoms with Crippen LogP contribution < -0.4 is 11.0 Å². The molecule has 2 heterocycles. The van der Waals surface area contributed by atoms with Crippen LogP contribution in [0.15, 0.2) is 29.1 Å². The second-order valence-corrected chi connectivity index (χ2v) is 6.48. The Hall–Kier alpha value is -2.55. The zero-order valence-electron chi connectivity index (χ0n) is 13.7. The van der Waals surface area contributed by atoms with Crippen molar-refractivity contribution < 1.29 is 14.4 Å². The first-order valence-electron chi connectivity index (χ1n) is 7.94. The largest absolute Gasteiger partial charge is 0.353 e. The molecule has 0 bridgehead atoms. The topological polar surface area (TPSA) is 93.4 Å². The average Bonchev–Trinajstić information content (AvgIpc) is 3.06. The molecule has 1 fully saturated rings. The molecule has 3 amide bonds. The zero-order chi connectivity index (χ0) is 18.0. The van der Waals surface area contributed by atoms with Gasteiger partial charge in [0.15, 0.2) is 0 Å². The molecular formula is C16H18N4O4S. The number of aromatic nitrogens is 2. The van der Waals surface area contributed by atoms with Gasteiger partial charge in [-0.05, 0) is 19.1 Å². The number of fused-ring (bicyclic) bond motifs is 1. The Balaban J connectivity index is 1.66. The number of nitrogens with one attached hydrogen (secondary N) is 1. The number of imidazole rings is 1. The molecule has 1 N–H and O–H groups in total. The van der Waals surface area contributed by atoms with E-state index in [0.29, 0.717) is 12.1 Å². The molecule has 1 aliphatic rings. The molecule has 1 saturated heterocycles. The summed E-state index contributed by atoms with van der Waals surface area (Å²) in [4.78, 5) is 48.8. The molecule has 0 saturated carbocycles. The van der Waals surface area contributed by atoms with Crippen molar-refractivity contribution in [1.82, 2.24) is 19.4 Å². The zero-order valence-corrected chi connectivity index (χ0v) is 14.5. The summed E-state index contributed by atoms with van der Waals surface area (Å²) in [6.45, 7) is 2.59. The van der Waals surface area contributed by atoms with Crippen LogP contribution in [0.2, 0.25) is 0 Å². The maximum Gasteiger partial charge on any atom is 0.329 e. The second kappa shape index (κ2) is 7.14. The van der Waals surface area contributed by atoms with Gasteiger partial charge in [-0.1, -0.05) is 23.9 Å². The van der Waals surface area contributed by atoms with Crippen molar-refractivity contribution >= 4 is 39.8 Å². The highest BCUT2D eigenvalue weighted by Crippen LogP contribution is 2.17. The number of nitrogens with zero attached hydrogens (tertiary/aromatic N) is 3. The van der Waals surface area contributed by atoms with Crippen LogP contribution in [-0.2, 0) is 22.7 Å². The van der Waals surface area contributed by atoms with Gasteiger partial charge in [0, 0.05) is 19.6 Å². The molecule has 1 aromatic heterocycles. The molecule has 25 heavy (non-hydrogen) atoms. The summed E-state index contributed by atoms with van der Waals surface area (Å²) in [6, 6.07) is 7.31. The molecule has 9 heteroatoms. The van der Waals surface area contributed by atoms with Crippen LogP contribution in [0.5, 0.6) is 0 Å². The molecule has 8 nitrogen and oxygen atoms in total. The van der Waals surface area contributed by atoms with Crippen molar-refractivity contribution in [3.63, 3.8) is 0 Å². The van der Waals surface area contributed by atoms with Gasteiger partial charge in [-0.25, -0.2) is 4.79 Å². The third-order valence-electron chi connectivity index (χ3n) is 4.04. The van der Waals surface area contributed by atoms with Crippen molar-refractivity contribution in [2.75, 3.05) is 18.8 Å². The van der Waals surface area contributed by atoms with Gasteiger partial charge in [0.2, 0.25) is 11.8 Å². The molecule has 1 aliphatic heterocycles. The molecular weight excluding hydrogens is 344 g/mol. The van der Waals surface area contributed by atoms with E-state index < -0.39 is 0 Å². The van der Waals surface area contributed by atoms with Crippen LogP contribution in [0.25, 0.3) is 11.0 Å². The third kappa shape index (κ3) is 3.32. The van der Waals surface area contributed by atoms with Crippen LogP contribution in [0.3, 0.4) is 0 Å². The predicted octanol–water partition coefficient (Wildman–Crippen LogP) is 0.635. The first kappa shape index (κ1) is 17.3. The molecule has 0 spiro atoms. The third-order valence-corrected chi connectivity index (χ3v) is 4.90. The summed E-state index contributed by atoms with van der Waals surface area (Å²) < 4.78 is 3.04. The number of para-hydroxylation sites is 2. The quantitative estimate of drug-likeness (QED) is 0.814. The van der Waals surface area contributed by atoms with Gasteiger partial charge >= 0.3 is 5.69 Å². The van der Waals surface area contributed by atoms with Gasteiger partial charge in [0.05, 0.1) is 16.8 Å². The predicted molar refractivity (Wildman–Crippen MR) is 94.4 cm³/mol. The van der Waals surface area contributed by atoms with Crippen molar-refractivity contribution in [3.05, 3.63) is 34.7 Å². The lowest BCUT2D eigenvalue weighted by Gasteiger charge is -2.13. The molecule has 1 aromatic carbocycles. The fourth-order valence-electron chi connectivity index (χ4n) is 2.83. The lowest BCUT2D eigenvalue weighted by Crippen LogP contribution is -2.39. The summed E-state index contributed by atoms with van der Waals surface area (Å²) in [7, 11) is 0. The number of imide groups is 1. The molecule has 0 unspecified atom stereocenters. The van der Waals surface area contributed by atoms with Crippen LogP contribution in [0, 0.1) is 0 Å². The maximum atomic E-state index is 12.5. The van der Waals surface area contributed by atoms with Gasteiger partial charge in [-0.15, -0.1) is 0 Å². The van der Waals surface area contributed by atoms with E-state index in [-0.39, 0.29) is 48.1 Å². The van der Waals surface area contributed by atoms with E-state index in [1.54, 1.807) is 10.6 Å². The minimum Gasteiger partial charge on any atom is -0.353 e. The van der Waals surface area contributed by atoms with Gasteiger partial charge < -0.3 is 5.32 Å². The molecule has 2 aromatic rings. The lowest BCUT2D eigenvalue weighted by molar-refractivity contribution is -0.125. The minimum atomic E-state index is -0.340. The number of carbonyl (C=O) groups excluding carboxylic acids is 3. The van der Waals surface area contributed by atoms with Crippen molar-refractivity contribution in [3.8, 4) is 0 Å². The number of thioether (sulfide) groups is 1. The van der Waals surface area contributed by atoms with E-state index in [0.717, 1.165) is 22.2 Å². The Morgan fingerprint density at radius 2 is 1.84 bits per heavy atom. The number of rotatable bonds is 6. The van der Waals surface area contributed by atoms with Crippen molar-refractivity contribution in [2.24, 2.45) is 0 Å². The number of aryl methyl sites for hydroxylation is 1. The number of benzene rings is 1. The van der Waals surface area contributed by atoms with Gasteiger partial charge in [0.25, 0.3) is 5.24 Å². The summed E-state index contributed by atoms with van der Waals surface area (Å²) in [5, 5.41) is 2.36. The number of amides is 3. The van der Waals surface area contributed by atoms with Gasteiger partial charge in [0.1, 0.15) is 6.54 Å². The lowest BCUT2D eigenvalue weighted by atomic mass is 10.3. The highest BCUT2D eigenvalue weighted by atomic mass is 32.2. The van der Waals surface area contributed by atoms with Crippen LogP contribution in [0.1, 0.15) is 6.92 Å². The standard InChI is InChI=1S/C16H18N4O4S/c1-2-18-11-5-3-4-6-12(11)20(15(18)23)9-13(21)17-7-8-19-14(22)10-25-16(19)24/h3-6H,2,7-10H2,1H3,(H,17,21). The SMILES string of the molecule is CCn1c(=O)n(CC(=O)NCCN2C(=O)CSC2=O)c2ccccc21. The maximum absolute atomic E-state index is 12.5. The summed E-state index contributed by atoms with van der Waals surface area (Å²) >= 11 is 0.960. The Morgan fingerprint density at radius 3 is 2.44 bits per heavy atom. The van der Waals surface area contributed by atoms with E-state index in [2.05, 4.69) is 5.32 Å². The summed E-state index contributed by atoms with van der Waals surface area (Å²) in [5.74, 6) is -0.432. The highest BCUT2D eigenvalue weighted by molar-refractivity contribution is 8.14. The van der Waals surface area contributed by atoms with Crippen molar-refractivity contribution in [2.45, 2.75) is 20.0 Å². The van der Waals surface area contributed by atoms with Crippen molar-refractivity contribution in [1.29, 1.82) is 0 Å². The van der Waals surface area contributed by atoms with Crippen LogP contribution in [0.4, 0.5) is 4.79 Å². The Morgan fingerprint density at radius 1 is 1.16 bits per heavy atom. The molecule has 0 aliphatic carbocycles. The monoisotopic (exact) mass is 362 g/mol. The van der Waals surface area contributed by atoms with E-state index in [9.17, 15) is 19.2 Å². The Bertz CT molecular complexity index is 885. The van der Waals surface area contributed by atoms with Crippen LogP contribution in [-0.4, -0.2) is 49.9 Å². The molecule has 0 radical (unpaired) electrons. The smallest absolute Gasteiger partial charge is 0.329 e. The molecule has 3 rings (SSSR count). The molecule has 132 valence electrons. The number of hydrogen-bond donors (Lipinski definition) is 1. The Kier molecular flexibility index (Phi) is 4.93. The van der Waals surface area contributed by atoms with Crippen LogP contribution >= 0.6 is 11.8 Å². The Labute approximate surface area is 147 Å². The molecule has 0 atom stereocenters. The van der Waals surface area contributed by atoms with E-state index in [1.807, 2.05) is 25.1 Å². The fraction of sp³-hybridized carbons (Fsp3) is 0.375. The van der Waals surface area contributed by atoms with E-state index >= 15 is 0 Å². The van der Waals surface area contributed by atoms with Gasteiger partial charge in [-0.3, -0.25) is 28.4 Å². The van der Waals surface area contributed by atoms with E-state index in [4.69, 9.17) is 0 Å². The second-order valence-electron chi connectivity index (χ2n) is 5.55. The van der Waals surface area contributed by atoms with E-state index in [1.165, 1.54) is 4.57 Å².